The van der Waals surface area contributed by atoms with Gasteiger partial charge in [0.25, 0.3) is 0 Å². The molecule has 2 aromatic carbocycles. The van der Waals surface area contributed by atoms with Crippen LogP contribution in [0.15, 0.2) is 59.6 Å². The van der Waals surface area contributed by atoms with Crippen LogP contribution in [0, 0.1) is 5.82 Å². The second-order valence-electron chi connectivity index (χ2n) is 7.41. The maximum Gasteiger partial charge on any atom is 0.191 e. The fourth-order valence-corrected chi connectivity index (χ4v) is 3.66. The van der Waals surface area contributed by atoms with E-state index in [1.165, 1.54) is 11.6 Å². The lowest BCUT2D eigenvalue weighted by atomic mass is 10.0. The average Bonchev–Trinajstić information content (AvgIpc) is 2.72. The van der Waals surface area contributed by atoms with Gasteiger partial charge < -0.3 is 10.6 Å². The molecule has 1 aliphatic rings. The zero-order chi connectivity index (χ0) is 19.6. The molecule has 0 spiro atoms. The van der Waals surface area contributed by atoms with Crippen LogP contribution in [0.4, 0.5) is 4.39 Å². The summed E-state index contributed by atoms with van der Waals surface area (Å²) in [5.41, 5.74) is 2.42. The monoisotopic (exact) mass is 510 g/mol. The standard InChI is InChI=1S/C23H31FN4.HI/c1-25-23(26-14-6-10-19-9-5-11-21(24)17-19)27-22-12-15-28(16-13-22)18-20-7-3-2-4-8-20;/h2-5,7-9,11,17,22H,6,10,12-16,18H2,1H3,(H2,25,26,27);1H. The highest BCUT2D eigenvalue weighted by molar-refractivity contribution is 14.0. The van der Waals surface area contributed by atoms with E-state index in [0.29, 0.717) is 6.04 Å². The highest BCUT2D eigenvalue weighted by Crippen LogP contribution is 2.13. The molecule has 1 fully saturated rings. The van der Waals surface area contributed by atoms with E-state index in [4.69, 9.17) is 0 Å². The minimum atomic E-state index is -0.165. The van der Waals surface area contributed by atoms with Gasteiger partial charge in [-0.1, -0.05) is 42.5 Å². The van der Waals surface area contributed by atoms with Crippen molar-refractivity contribution < 1.29 is 4.39 Å². The van der Waals surface area contributed by atoms with E-state index < -0.39 is 0 Å². The number of guanidine groups is 1. The molecule has 29 heavy (non-hydrogen) atoms. The van der Waals surface area contributed by atoms with Crippen molar-refractivity contribution in [2.24, 2.45) is 4.99 Å². The van der Waals surface area contributed by atoms with E-state index in [1.807, 2.05) is 13.1 Å². The summed E-state index contributed by atoms with van der Waals surface area (Å²) in [5, 5.41) is 6.93. The topological polar surface area (TPSA) is 39.7 Å². The van der Waals surface area contributed by atoms with Crippen LogP contribution in [-0.4, -0.2) is 43.6 Å². The van der Waals surface area contributed by atoms with Crippen LogP contribution in [0.2, 0.25) is 0 Å². The molecule has 1 aliphatic heterocycles. The first-order valence-corrected chi connectivity index (χ1v) is 10.2. The van der Waals surface area contributed by atoms with E-state index in [2.05, 4.69) is 50.9 Å². The van der Waals surface area contributed by atoms with Gasteiger partial charge in [-0.15, -0.1) is 24.0 Å². The SMILES string of the molecule is CN=C(NCCCc1cccc(F)c1)NC1CCN(Cc2ccccc2)CC1.I. The number of nitrogens with zero attached hydrogens (tertiary/aromatic N) is 2. The third-order valence-electron chi connectivity index (χ3n) is 5.22. The zero-order valence-electron chi connectivity index (χ0n) is 17.1. The first kappa shape index (κ1) is 23.6. The second-order valence-corrected chi connectivity index (χ2v) is 7.41. The summed E-state index contributed by atoms with van der Waals surface area (Å²) in [4.78, 5) is 6.86. The fraction of sp³-hybridized carbons (Fsp3) is 0.435. The van der Waals surface area contributed by atoms with Crippen molar-refractivity contribution in [1.82, 2.24) is 15.5 Å². The van der Waals surface area contributed by atoms with Crippen LogP contribution < -0.4 is 10.6 Å². The number of hydrogen-bond acceptors (Lipinski definition) is 2. The zero-order valence-corrected chi connectivity index (χ0v) is 19.4. The Bertz CT molecular complexity index is 746. The summed E-state index contributed by atoms with van der Waals surface area (Å²) in [6.45, 7) is 4.05. The van der Waals surface area contributed by atoms with Gasteiger partial charge in [0.05, 0.1) is 0 Å². The van der Waals surface area contributed by atoms with Gasteiger partial charge in [0.15, 0.2) is 5.96 Å². The van der Waals surface area contributed by atoms with Crippen LogP contribution in [0.1, 0.15) is 30.4 Å². The molecular formula is C23H32FIN4. The Morgan fingerprint density at radius 1 is 1.07 bits per heavy atom. The Kier molecular flexibility index (Phi) is 10.4. The van der Waals surface area contributed by atoms with Crippen LogP contribution >= 0.6 is 24.0 Å². The Hall–Kier alpha value is -1.67. The molecule has 1 saturated heterocycles. The van der Waals surface area contributed by atoms with Crippen LogP contribution in [0.5, 0.6) is 0 Å². The number of halogens is 2. The molecule has 0 aromatic heterocycles. The molecule has 0 amide bonds. The third kappa shape index (κ3) is 8.30. The number of benzene rings is 2. The molecule has 0 saturated carbocycles. The largest absolute Gasteiger partial charge is 0.356 e. The smallest absolute Gasteiger partial charge is 0.191 e. The van der Waals surface area contributed by atoms with E-state index in [1.54, 1.807) is 12.1 Å². The summed E-state index contributed by atoms with van der Waals surface area (Å²) in [6, 6.07) is 18.0. The molecule has 0 aliphatic carbocycles. The van der Waals surface area contributed by atoms with Gasteiger partial charge in [-0.2, -0.15) is 0 Å². The van der Waals surface area contributed by atoms with Gasteiger partial charge in [0.1, 0.15) is 5.82 Å². The lowest BCUT2D eigenvalue weighted by Crippen LogP contribution is -2.48. The number of rotatable bonds is 7. The molecule has 2 aromatic rings. The highest BCUT2D eigenvalue weighted by atomic mass is 127. The van der Waals surface area contributed by atoms with Crippen molar-refractivity contribution in [2.45, 2.75) is 38.3 Å². The predicted molar refractivity (Wildman–Crippen MR) is 129 cm³/mol. The molecule has 1 heterocycles. The van der Waals surface area contributed by atoms with Crippen LogP contribution in [-0.2, 0) is 13.0 Å². The maximum absolute atomic E-state index is 13.2. The molecule has 4 nitrogen and oxygen atoms in total. The molecule has 0 atom stereocenters. The van der Waals surface area contributed by atoms with Crippen LogP contribution in [0.25, 0.3) is 0 Å². The lowest BCUT2D eigenvalue weighted by Gasteiger charge is -2.33. The Labute approximate surface area is 191 Å². The summed E-state index contributed by atoms with van der Waals surface area (Å²) >= 11 is 0. The first-order valence-electron chi connectivity index (χ1n) is 10.2. The number of nitrogens with one attached hydrogen (secondary N) is 2. The van der Waals surface area contributed by atoms with Gasteiger partial charge >= 0.3 is 0 Å². The lowest BCUT2D eigenvalue weighted by molar-refractivity contribution is 0.198. The number of hydrogen-bond donors (Lipinski definition) is 2. The molecule has 0 radical (unpaired) electrons. The predicted octanol–water partition coefficient (Wildman–Crippen LogP) is 4.21. The van der Waals surface area contributed by atoms with Gasteiger partial charge in [-0.05, 0) is 48.9 Å². The molecule has 158 valence electrons. The van der Waals surface area contributed by atoms with Crippen molar-refractivity contribution in [3.05, 3.63) is 71.5 Å². The van der Waals surface area contributed by atoms with Crippen molar-refractivity contribution in [2.75, 3.05) is 26.7 Å². The van der Waals surface area contributed by atoms with Gasteiger partial charge in [0, 0.05) is 39.3 Å². The summed E-state index contributed by atoms with van der Waals surface area (Å²) in [7, 11) is 1.81. The summed E-state index contributed by atoms with van der Waals surface area (Å²) in [6.07, 6.45) is 4.05. The fourth-order valence-electron chi connectivity index (χ4n) is 3.66. The van der Waals surface area contributed by atoms with Crippen LogP contribution in [0.3, 0.4) is 0 Å². The Morgan fingerprint density at radius 2 is 1.79 bits per heavy atom. The van der Waals surface area contributed by atoms with Crippen molar-refractivity contribution in [1.29, 1.82) is 0 Å². The van der Waals surface area contributed by atoms with E-state index in [0.717, 1.165) is 63.4 Å². The van der Waals surface area contributed by atoms with Gasteiger partial charge in [-0.3, -0.25) is 9.89 Å². The number of aryl methyl sites for hydroxylation is 1. The number of likely N-dealkylation sites (tertiary alicyclic amines) is 1. The van der Waals surface area contributed by atoms with Gasteiger partial charge in [0.2, 0.25) is 0 Å². The molecular weight excluding hydrogens is 478 g/mol. The maximum atomic E-state index is 13.2. The first-order chi connectivity index (χ1) is 13.7. The Morgan fingerprint density at radius 3 is 2.48 bits per heavy atom. The number of aliphatic imine (C=N–C) groups is 1. The van der Waals surface area contributed by atoms with E-state index >= 15 is 0 Å². The number of piperidine rings is 1. The third-order valence-corrected chi connectivity index (χ3v) is 5.22. The quantitative estimate of drug-likeness (QED) is 0.254. The van der Waals surface area contributed by atoms with Crippen molar-refractivity contribution in [3.63, 3.8) is 0 Å². The summed E-state index contributed by atoms with van der Waals surface area (Å²) in [5.74, 6) is 0.697. The van der Waals surface area contributed by atoms with Crippen molar-refractivity contribution >= 4 is 29.9 Å². The minimum absolute atomic E-state index is 0. The Balaban J connectivity index is 0.00000300. The summed E-state index contributed by atoms with van der Waals surface area (Å²) < 4.78 is 13.2. The van der Waals surface area contributed by atoms with E-state index in [-0.39, 0.29) is 29.8 Å². The molecule has 3 rings (SSSR count). The van der Waals surface area contributed by atoms with E-state index in [9.17, 15) is 4.39 Å². The van der Waals surface area contributed by atoms with Gasteiger partial charge in [-0.25, -0.2) is 4.39 Å². The average molecular weight is 510 g/mol. The highest BCUT2D eigenvalue weighted by Gasteiger charge is 2.19. The molecule has 0 bridgehead atoms. The molecule has 0 unspecified atom stereocenters. The molecule has 2 N–H and O–H groups in total. The van der Waals surface area contributed by atoms with Crippen molar-refractivity contribution in [3.8, 4) is 0 Å². The normalized spacial score (nSPS) is 15.6. The second kappa shape index (κ2) is 12.8. The minimum Gasteiger partial charge on any atom is -0.356 e. The molecule has 6 heteroatoms.